The molecule has 216 valence electrons. The third-order valence-electron chi connectivity index (χ3n) is 10.3. The van der Waals surface area contributed by atoms with Crippen LogP contribution in [0.2, 0.25) is 0 Å². The highest BCUT2D eigenvalue weighted by Gasteiger charge is 2.75. The first-order valence-electron chi connectivity index (χ1n) is 13.3. The van der Waals surface area contributed by atoms with Gasteiger partial charge in [-0.15, -0.1) is 0 Å². The molecule has 11 heteroatoms. The predicted molar refractivity (Wildman–Crippen MR) is 139 cm³/mol. The normalized spacial score (nSPS) is 40.5. The number of hydrogen-bond acceptors (Lipinski definition) is 8. The van der Waals surface area contributed by atoms with Gasteiger partial charge in [0.2, 0.25) is 5.78 Å². The third-order valence-corrected chi connectivity index (χ3v) is 11.2. The van der Waals surface area contributed by atoms with Crippen molar-refractivity contribution in [2.75, 3.05) is 6.61 Å². The zero-order valence-electron chi connectivity index (χ0n) is 22.5. The van der Waals surface area contributed by atoms with Gasteiger partial charge in [-0.1, -0.05) is 31.6 Å². The van der Waals surface area contributed by atoms with Crippen LogP contribution in [0.15, 0.2) is 53.0 Å². The Morgan fingerprint density at radius 2 is 1.90 bits per heavy atom. The molecule has 0 unspecified atom stereocenters. The summed E-state index contributed by atoms with van der Waals surface area (Å²) in [5.41, 5.74) is -6.17. The number of aliphatic hydroxyl groups is 2. The molecular formula is C29H33FO9S. The monoisotopic (exact) mass is 576 g/mol. The highest BCUT2D eigenvalue weighted by molar-refractivity contribution is 7.85. The molecule has 0 heterocycles. The molecule has 3 N–H and O–H groups in total. The average molecular weight is 577 g/mol. The molecule has 0 amide bonds. The van der Waals surface area contributed by atoms with Crippen LogP contribution in [0.25, 0.3) is 0 Å². The maximum Gasteiger partial charge on any atom is 0.338 e. The first kappa shape index (κ1) is 28.8. The second-order valence-corrected chi connectivity index (χ2v) is 13.6. The minimum absolute atomic E-state index is 0.216. The molecule has 40 heavy (non-hydrogen) atoms. The van der Waals surface area contributed by atoms with Crippen molar-refractivity contribution >= 4 is 27.7 Å². The predicted octanol–water partition coefficient (Wildman–Crippen LogP) is 3.01. The number of ether oxygens (including phenoxy) is 1. The zero-order valence-corrected chi connectivity index (χ0v) is 23.3. The van der Waals surface area contributed by atoms with Gasteiger partial charge in [0.1, 0.15) is 5.60 Å². The lowest BCUT2D eigenvalue weighted by atomic mass is 9.44. The number of fused-ring (bicyclic) bond motifs is 5. The van der Waals surface area contributed by atoms with E-state index in [0.29, 0.717) is 24.8 Å². The number of carbonyl (C=O) groups excluding carboxylic acids is 3. The summed E-state index contributed by atoms with van der Waals surface area (Å²) in [6.45, 7) is 4.22. The second kappa shape index (κ2) is 9.14. The van der Waals surface area contributed by atoms with E-state index < -0.39 is 79.3 Å². The van der Waals surface area contributed by atoms with Crippen LogP contribution < -0.4 is 0 Å². The smallest absolute Gasteiger partial charge is 0.338 e. The summed E-state index contributed by atoms with van der Waals surface area (Å²) in [5, 5.41) is 23.4. The van der Waals surface area contributed by atoms with Crippen molar-refractivity contribution in [1.82, 2.24) is 0 Å². The number of rotatable bonds is 5. The Hall–Kier alpha value is -2.73. The van der Waals surface area contributed by atoms with Crippen LogP contribution in [0, 0.1) is 28.6 Å². The molecule has 3 fully saturated rings. The van der Waals surface area contributed by atoms with Crippen LogP contribution >= 0.6 is 0 Å². The standard InChI is InChI=1S/C29H33FO9S/c1-16-11-22-21-8-7-18-13-19(31)9-10-26(18,2)28(21,30)23(32)14-27(22,3)29(16,35)24(33)15-39-25(34)17-5-4-6-20(12-17)40(36,37)38/h4-6,9-10,12-13,16,21-23,32,35H,7-8,11,14-15H2,1-3H3,(H,36,37,38)/t16-,21+,22-,23+,26+,27+,28-,29+/m1/s1. The second-order valence-electron chi connectivity index (χ2n) is 12.2. The van der Waals surface area contributed by atoms with Gasteiger partial charge in [0, 0.05) is 16.7 Å². The highest BCUT2D eigenvalue weighted by atomic mass is 32.2. The van der Waals surface area contributed by atoms with Crippen molar-refractivity contribution in [2.24, 2.45) is 28.6 Å². The summed E-state index contributed by atoms with van der Waals surface area (Å²) in [5.74, 6) is -3.86. The lowest BCUT2D eigenvalue weighted by Gasteiger charge is -2.62. The molecule has 4 aliphatic rings. The summed E-state index contributed by atoms with van der Waals surface area (Å²) < 4.78 is 54.4. The molecule has 3 saturated carbocycles. The Bertz CT molecular complexity index is 1470. The van der Waals surface area contributed by atoms with Gasteiger partial charge < -0.3 is 14.9 Å². The number of esters is 1. The van der Waals surface area contributed by atoms with E-state index in [1.54, 1.807) is 20.8 Å². The van der Waals surface area contributed by atoms with Gasteiger partial charge in [0.25, 0.3) is 10.1 Å². The summed E-state index contributed by atoms with van der Waals surface area (Å²) in [4.78, 5) is 37.7. The number of alkyl halides is 1. The number of halogens is 1. The number of carbonyl (C=O) groups is 3. The van der Waals surface area contributed by atoms with Crippen LogP contribution in [-0.2, 0) is 24.4 Å². The van der Waals surface area contributed by atoms with Crippen molar-refractivity contribution < 1.29 is 46.7 Å². The van der Waals surface area contributed by atoms with Crippen LogP contribution in [-0.4, -0.2) is 64.7 Å². The molecule has 0 saturated heterocycles. The highest BCUT2D eigenvalue weighted by Crippen LogP contribution is 2.70. The molecule has 0 radical (unpaired) electrons. The van der Waals surface area contributed by atoms with E-state index in [2.05, 4.69) is 0 Å². The van der Waals surface area contributed by atoms with Gasteiger partial charge in [0.05, 0.1) is 16.6 Å². The molecular weight excluding hydrogens is 543 g/mol. The summed E-state index contributed by atoms with van der Waals surface area (Å²) in [6.07, 6.45) is 3.64. The Labute approximate surface area is 231 Å². The van der Waals surface area contributed by atoms with Gasteiger partial charge in [-0.25, -0.2) is 9.18 Å². The van der Waals surface area contributed by atoms with Gasteiger partial charge in [-0.2, -0.15) is 8.42 Å². The molecule has 8 atom stereocenters. The van der Waals surface area contributed by atoms with Gasteiger partial charge in [-0.3, -0.25) is 14.1 Å². The number of ketones is 2. The van der Waals surface area contributed by atoms with Crippen LogP contribution in [0.4, 0.5) is 4.39 Å². The number of allylic oxidation sites excluding steroid dienone is 4. The molecule has 0 aromatic heterocycles. The fraction of sp³-hybridized carbons (Fsp3) is 0.552. The number of Topliss-reactive ketones (excluding diaryl/α,β-unsaturated/α-hetero) is 1. The van der Waals surface area contributed by atoms with Crippen molar-refractivity contribution in [3.8, 4) is 0 Å². The van der Waals surface area contributed by atoms with E-state index in [1.807, 2.05) is 0 Å². The lowest BCUT2D eigenvalue weighted by molar-refractivity contribution is -0.219. The molecule has 9 nitrogen and oxygen atoms in total. The first-order valence-corrected chi connectivity index (χ1v) is 14.8. The molecule has 0 bridgehead atoms. The molecule has 5 rings (SSSR count). The number of benzene rings is 1. The van der Waals surface area contributed by atoms with E-state index in [0.717, 1.165) is 12.1 Å². The fourth-order valence-electron chi connectivity index (χ4n) is 8.25. The van der Waals surface area contributed by atoms with E-state index >= 15 is 4.39 Å². The Kier molecular flexibility index (Phi) is 6.58. The third kappa shape index (κ3) is 3.81. The molecule has 4 aliphatic carbocycles. The van der Waals surface area contributed by atoms with Crippen LogP contribution in [0.3, 0.4) is 0 Å². The fourth-order valence-corrected chi connectivity index (χ4v) is 8.77. The Morgan fingerprint density at radius 1 is 1.20 bits per heavy atom. The first-order chi connectivity index (χ1) is 18.5. The van der Waals surface area contributed by atoms with E-state index in [-0.39, 0.29) is 17.8 Å². The Morgan fingerprint density at radius 3 is 2.58 bits per heavy atom. The van der Waals surface area contributed by atoms with Crippen LogP contribution in [0.1, 0.15) is 56.8 Å². The summed E-state index contributed by atoms with van der Waals surface area (Å²) >= 11 is 0. The molecule has 0 spiro atoms. The van der Waals surface area contributed by atoms with Gasteiger partial charge in [0.15, 0.2) is 18.1 Å². The van der Waals surface area contributed by atoms with Crippen molar-refractivity contribution in [2.45, 2.75) is 68.7 Å². The molecule has 1 aromatic carbocycles. The van der Waals surface area contributed by atoms with Crippen LogP contribution in [0.5, 0.6) is 0 Å². The van der Waals surface area contributed by atoms with Gasteiger partial charge in [-0.05, 0) is 74.8 Å². The molecule has 1 aromatic rings. The summed E-state index contributed by atoms with van der Waals surface area (Å²) in [7, 11) is -4.57. The minimum Gasteiger partial charge on any atom is -0.454 e. The van der Waals surface area contributed by atoms with Crippen molar-refractivity contribution in [3.63, 3.8) is 0 Å². The van der Waals surface area contributed by atoms with E-state index in [4.69, 9.17) is 4.74 Å². The maximum absolute atomic E-state index is 17.3. The molecule has 0 aliphatic heterocycles. The quantitative estimate of drug-likeness (QED) is 0.354. The minimum atomic E-state index is -4.57. The largest absolute Gasteiger partial charge is 0.454 e. The lowest BCUT2D eigenvalue weighted by Crippen LogP contribution is -2.69. The number of aliphatic hydroxyl groups excluding tert-OH is 1. The zero-order chi connectivity index (χ0) is 29.5. The average Bonchev–Trinajstić information content (AvgIpc) is 3.09. The summed E-state index contributed by atoms with van der Waals surface area (Å²) in [6, 6.07) is 4.48. The van der Waals surface area contributed by atoms with Gasteiger partial charge >= 0.3 is 5.97 Å². The Balaban J connectivity index is 1.41. The SMILES string of the molecule is C[C@@H]1C[C@@H]2[C@@H]3CCC4=CC(=O)C=C[C@]4(C)[C@]3(F)[C@@H](O)C[C@]2(C)[C@@]1(O)C(=O)COC(=O)c1cccc(S(=O)(=O)O)c1. The maximum atomic E-state index is 17.3. The topological polar surface area (TPSA) is 155 Å². The number of hydrogen-bond donors (Lipinski definition) is 3. The van der Waals surface area contributed by atoms with Crippen molar-refractivity contribution in [1.29, 1.82) is 0 Å². The van der Waals surface area contributed by atoms with E-state index in [9.17, 15) is 37.6 Å². The van der Waals surface area contributed by atoms with Crippen molar-refractivity contribution in [3.05, 3.63) is 53.6 Å². The van der Waals surface area contributed by atoms with E-state index in [1.165, 1.54) is 30.4 Å².